The topological polar surface area (TPSA) is 79.4 Å². The van der Waals surface area contributed by atoms with Gasteiger partial charge in [0.15, 0.2) is 5.13 Å². The molecule has 0 atom stereocenters. The van der Waals surface area contributed by atoms with Crippen molar-refractivity contribution in [2.45, 2.75) is 25.7 Å². The number of benzene rings is 1. The Hall–Kier alpha value is -2.19. The zero-order valence-electron chi connectivity index (χ0n) is 14.4. The maximum absolute atomic E-state index is 12.9. The molecule has 1 aliphatic heterocycles. The molecule has 25 heavy (non-hydrogen) atoms. The predicted molar refractivity (Wildman–Crippen MR) is 98.6 cm³/mol. The number of allylic oxidation sites excluding steroid dienone is 1. The van der Waals surface area contributed by atoms with Crippen molar-refractivity contribution in [1.29, 1.82) is 0 Å². The summed E-state index contributed by atoms with van der Waals surface area (Å²) in [4.78, 5) is 18.2. The van der Waals surface area contributed by atoms with Gasteiger partial charge < -0.3 is 0 Å². The zero-order chi connectivity index (χ0) is 18.4. The molecule has 3 rings (SSSR count). The number of carbonyl (C=O) groups is 1. The number of rotatable bonds is 3. The van der Waals surface area contributed by atoms with Crippen LogP contribution in [0.1, 0.15) is 24.3 Å². The lowest BCUT2D eigenvalue weighted by atomic mass is 9.92. The SMILES string of the molecule is Cc1cnc(NC(=O)C2=C(C(C)C)c3ccccc3S(=O)(=O)N2C)s1. The van der Waals surface area contributed by atoms with Gasteiger partial charge in [-0.3, -0.25) is 14.4 Å². The maximum Gasteiger partial charge on any atom is 0.275 e. The van der Waals surface area contributed by atoms with Crippen LogP contribution in [0.2, 0.25) is 0 Å². The van der Waals surface area contributed by atoms with Gasteiger partial charge in [-0.1, -0.05) is 32.0 Å². The third kappa shape index (κ3) is 2.96. The van der Waals surface area contributed by atoms with Gasteiger partial charge in [0.2, 0.25) is 0 Å². The van der Waals surface area contributed by atoms with Crippen LogP contribution in [0.25, 0.3) is 5.57 Å². The second kappa shape index (κ2) is 6.27. The smallest absolute Gasteiger partial charge is 0.275 e. The number of sulfonamides is 1. The van der Waals surface area contributed by atoms with Crippen LogP contribution in [-0.2, 0) is 14.8 Å². The Labute approximate surface area is 151 Å². The van der Waals surface area contributed by atoms with Gasteiger partial charge in [0.05, 0.1) is 4.90 Å². The first-order valence-corrected chi connectivity index (χ1v) is 10.1. The lowest BCUT2D eigenvalue weighted by molar-refractivity contribution is -0.113. The molecule has 0 fully saturated rings. The van der Waals surface area contributed by atoms with E-state index < -0.39 is 15.9 Å². The molecule has 1 N–H and O–H groups in total. The summed E-state index contributed by atoms with van der Waals surface area (Å²) < 4.78 is 26.8. The molecule has 1 aromatic carbocycles. The highest BCUT2D eigenvalue weighted by Crippen LogP contribution is 2.39. The summed E-state index contributed by atoms with van der Waals surface area (Å²) in [5.74, 6) is -0.503. The minimum absolute atomic E-state index is 0.0297. The van der Waals surface area contributed by atoms with Gasteiger partial charge in [-0.2, -0.15) is 0 Å². The average Bonchev–Trinajstić information content (AvgIpc) is 2.95. The number of nitrogens with one attached hydrogen (secondary N) is 1. The predicted octanol–water partition coefficient (Wildman–Crippen LogP) is 3.09. The highest BCUT2D eigenvalue weighted by Gasteiger charge is 2.38. The van der Waals surface area contributed by atoms with Gasteiger partial charge in [0, 0.05) is 23.7 Å². The molecule has 0 saturated carbocycles. The normalized spacial score (nSPS) is 16.1. The van der Waals surface area contributed by atoms with Crippen molar-refractivity contribution in [3.8, 4) is 0 Å². The van der Waals surface area contributed by atoms with Crippen molar-refractivity contribution in [2.75, 3.05) is 12.4 Å². The number of fused-ring (bicyclic) bond motifs is 1. The van der Waals surface area contributed by atoms with E-state index >= 15 is 0 Å². The fraction of sp³-hybridized carbons (Fsp3) is 0.294. The van der Waals surface area contributed by atoms with Crippen LogP contribution in [0.5, 0.6) is 0 Å². The van der Waals surface area contributed by atoms with Crippen LogP contribution in [0.4, 0.5) is 5.13 Å². The van der Waals surface area contributed by atoms with Gasteiger partial charge in [-0.05, 0) is 24.5 Å². The van der Waals surface area contributed by atoms with E-state index in [9.17, 15) is 13.2 Å². The molecule has 2 aromatic rings. The van der Waals surface area contributed by atoms with Crippen LogP contribution < -0.4 is 5.32 Å². The van der Waals surface area contributed by atoms with E-state index in [1.54, 1.807) is 30.5 Å². The molecule has 0 saturated heterocycles. The Morgan fingerprint density at radius 3 is 2.56 bits per heavy atom. The quantitative estimate of drug-likeness (QED) is 0.891. The van der Waals surface area contributed by atoms with Gasteiger partial charge in [-0.25, -0.2) is 13.4 Å². The van der Waals surface area contributed by atoms with Crippen LogP contribution in [0, 0.1) is 12.8 Å². The molecule has 0 spiro atoms. The van der Waals surface area contributed by atoms with E-state index in [0.717, 1.165) is 9.18 Å². The lowest BCUT2D eigenvalue weighted by Gasteiger charge is -2.32. The van der Waals surface area contributed by atoms with E-state index in [4.69, 9.17) is 0 Å². The Balaban J connectivity index is 2.18. The van der Waals surface area contributed by atoms with Crippen molar-refractivity contribution < 1.29 is 13.2 Å². The molecule has 132 valence electrons. The van der Waals surface area contributed by atoms with Crippen molar-refractivity contribution >= 4 is 38.0 Å². The minimum Gasteiger partial charge on any atom is -0.297 e. The van der Waals surface area contributed by atoms with Crippen LogP contribution in [-0.4, -0.2) is 30.7 Å². The zero-order valence-corrected chi connectivity index (χ0v) is 16.0. The lowest BCUT2D eigenvalue weighted by Crippen LogP contribution is -2.38. The summed E-state index contributed by atoms with van der Waals surface area (Å²) in [7, 11) is -2.36. The standard InChI is InChI=1S/C17H19N3O3S2/c1-10(2)14-12-7-5-6-8-13(12)25(22,23)20(4)15(14)16(21)19-17-18-9-11(3)24-17/h5-10H,1-4H3,(H,18,19,21). The van der Waals surface area contributed by atoms with Crippen molar-refractivity contribution in [1.82, 2.24) is 9.29 Å². The Morgan fingerprint density at radius 2 is 1.96 bits per heavy atom. The van der Waals surface area contributed by atoms with Crippen LogP contribution in [0.3, 0.4) is 0 Å². The molecule has 1 aliphatic rings. The number of carbonyl (C=O) groups excluding carboxylic acids is 1. The summed E-state index contributed by atoms with van der Waals surface area (Å²) in [5, 5.41) is 3.17. The van der Waals surface area contributed by atoms with Gasteiger partial charge in [0.1, 0.15) is 5.70 Å². The molecule has 1 aromatic heterocycles. The number of thiazole rings is 1. The molecular formula is C17H19N3O3S2. The minimum atomic E-state index is -3.77. The summed E-state index contributed by atoms with van der Waals surface area (Å²) in [6.07, 6.45) is 1.66. The Kier molecular flexibility index (Phi) is 4.42. The largest absolute Gasteiger partial charge is 0.297 e. The number of hydrogen-bond donors (Lipinski definition) is 1. The Morgan fingerprint density at radius 1 is 1.28 bits per heavy atom. The molecule has 0 unspecified atom stereocenters. The average molecular weight is 377 g/mol. The first kappa shape index (κ1) is 17.6. The van der Waals surface area contributed by atoms with E-state index in [2.05, 4.69) is 10.3 Å². The van der Waals surface area contributed by atoms with E-state index in [-0.39, 0.29) is 16.5 Å². The highest BCUT2D eigenvalue weighted by atomic mass is 32.2. The molecule has 0 aliphatic carbocycles. The van der Waals surface area contributed by atoms with E-state index in [0.29, 0.717) is 16.3 Å². The molecule has 0 bridgehead atoms. The van der Waals surface area contributed by atoms with Crippen molar-refractivity contribution in [3.05, 3.63) is 46.6 Å². The number of likely N-dealkylation sites (N-methyl/N-ethyl adjacent to an activating group) is 1. The summed E-state index contributed by atoms with van der Waals surface area (Å²) in [6, 6.07) is 6.78. The monoisotopic (exact) mass is 377 g/mol. The number of hydrogen-bond acceptors (Lipinski definition) is 5. The highest BCUT2D eigenvalue weighted by molar-refractivity contribution is 7.89. The molecule has 6 nitrogen and oxygen atoms in total. The molecule has 2 heterocycles. The first-order chi connectivity index (χ1) is 11.7. The molecular weight excluding hydrogens is 358 g/mol. The summed E-state index contributed by atoms with van der Waals surface area (Å²) in [5.41, 5.74) is 1.43. The van der Waals surface area contributed by atoms with E-state index in [1.165, 1.54) is 18.4 Å². The fourth-order valence-corrected chi connectivity index (χ4v) is 4.98. The fourth-order valence-electron chi connectivity index (χ4n) is 2.90. The summed E-state index contributed by atoms with van der Waals surface area (Å²) in [6.45, 7) is 5.77. The number of anilines is 1. The van der Waals surface area contributed by atoms with Gasteiger partial charge >= 0.3 is 0 Å². The van der Waals surface area contributed by atoms with Crippen LogP contribution in [0.15, 0.2) is 41.1 Å². The third-order valence-electron chi connectivity index (χ3n) is 4.02. The first-order valence-electron chi connectivity index (χ1n) is 7.79. The second-order valence-electron chi connectivity index (χ2n) is 6.12. The number of amides is 1. The van der Waals surface area contributed by atoms with Crippen molar-refractivity contribution in [3.63, 3.8) is 0 Å². The van der Waals surface area contributed by atoms with Crippen molar-refractivity contribution in [2.24, 2.45) is 5.92 Å². The second-order valence-corrected chi connectivity index (χ2v) is 9.29. The Bertz CT molecular complexity index is 975. The van der Waals surface area contributed by atoms with Gasteiger partial charge in [0.25, 0.3) is 15.9 Å². The van der Waals surface area contributed by atoms with Crippen LogP contribution >= 0.6 is 11.3 Å². The number of aromatic nitrogens is 1. The molecule has 8 heteroatoms. The maximum atomic E-state index is 12.9. The number of aryl methyl sites for hydroxylation is 1. The van der Waals surface area contributed by atoms with E-state index in [1.807, 2.05) is 20.8 Å². The molecule has 0 radical (unpaired) electrons. The summed E-state index contributed by atoms with van der Waals surface area (Å²) >= 11 is 1.34. The molecule has 1 amide bonds. The third-order valence-corrected chi connectivity index (χ3v) is 6.66. The van der Waals surface area contributed by atoms with Gasteiger partial charge in [-0.15, -0.1) is 11.3 Å². The number of nitrogens with zero attached hydrogens (tertiary/aromatic N) is 2.